The van der Waals surface area contributed by atoms with E-state index >= 15 is 0 Å². The molecule has 3 rings (SSSR count). The highest BCUT2D eigenvalue weighted by atomic mass is 32.2. The van der Waals surface area contributed by atoms with Crippen LogP contribution in [0.2, 0.25) is 0 Å². The molecule has 0 radical (unpaired) electrons. The van der Waals surface area contributed by atoms with Gasteiger partial charge in [0.2, 0.25) is 16.8 Å². The first-order valence-electron chi connectivity index (χ1n) is 7.66. The summed E-state index contributed by atoms with van der Waals surface area (Å²) in [6, 6.07) is 10.0. The van der Waals surface area contributed by atoms with Gasteiger partial charge in [0.15, 0.2) is 11.5 Å². The molecule has 0 fully saturated rings. The van der Waals surface area contributed by atoms with Crippen molar-refractivity contribution < 1.29 is 27.4 Å². The smallest absolute Gasteiger partial charge is 0.240 e. The number of ether oxygens (including phenoxy) is 4. The van der Waals surface area contributed by atoms with Gasteiger partial charge in [-0.2, -0.15) is 0 Å². The van der Waals surface area contributed by atoms with Crippen molar-refractivity contribution in [3.8, 4) is 23.0 Å². The minimum absolute atomic E-state index is 0.141. The van der Waals surface area contributed by atoms with Gasteiger partial charge in [0.1, 0.15) is 18.1 Å². The molecule has 1 heterocycles. The molecular weight excluding hydrogens is 346 g/mol. The van der Waals surface area contributed by atoms with Crippen molar-refractivity contribution in [2.24, 2.45) is 0 Å². The van der Waals surface area contributed by atoms with Crippen LogP contribution in [0.25, 0.3) is 0 Å². The molecule has 1 N–H and O–H groups in total. The van der Waals surface area contributed by atoms with E-state index < -0.39 is 10.0 Å². The number of fused-ring (bicyclic) bond motifs is 1. The van der Waals surface area contributed by atoms with Gasteiger partial charge in [-0.3, -0.25) is 0 Å². The Balaban J connectivity index is 1.56. The maximum absolute atomic E-state index is 12.4. The van der Waals surface area contributed by atoms with E-state index in [1.54, 1.807) is 37.3 Å². The summed E-state index contributed by atoms with van der Waals surface area (Å²) in [4.78, 5) is 0.219. The van der Waals surface area contributed by atoms with Gasteiger partial charge < -0.3 is 18.9 Å². The molecule has 0 spiro atoms. The van der Waals surface area contributed by atoms with E-state index in [1.165, 1.54) is 13.2 Å². The Morgan fingerprint density at radius 2 is 1.84 bits per heavy atom. The van der Waals surface area contributed by atoms with Gasteiger partial charge in [-0.1, -0.05) is 0 Å². The number of benzene rings is 2. The van der Waals surface area contributed by atoms with E-state index in [2.05, 4.69) is 4.72 Å². The maximum Gasteiger partial charge on any atom is 0.240 e. The van der Waals surface area contributed by atoms with Crippen LogP contribution in [0.4, 0.5) is 0 Å². The molecule has 0 aliphatic carbocycles. The van der Waals surface area contributed by atoms with Gasteiger partial charge in [-0.25, -0.2) is 13.1 Å². The second-order valence-corrected chi connectivity index (χ2v) is 7.13. The first-order chi connectivity index (χ1) is 12.0. The fraction of sp³-hybridized carbons (Fsp3) is 0.294. The van der Waals surface area contributed by atoms with Gasteiger partial charge in [0.05, 0.1) is 12.0 Å². The summed E-state index contributed by atoms with van der Waals surface area (Å²) in [7, 11) is -2.07. The lowest BCUT2D eigenvalue weighted by atomic mass is 10.2. The number of nitrogens with one attached hydrogen (secondary N) is 1. The molecule has 2 aromatic carbocycles. The number of hydrogen-bond donors (Lipinski definition) is 1. The third kappa shape index (κ3) is 3.97. The number of methoxy groups -OCH3 is 1. The van der Waals surface area contributed by atoms with Gasteiger partial charge in [-0.15, -0.1) is 0 Å². The molecule has 0 unspecified atom stereocenters. The summed E-state index contributed by atoms with van der Waals surface area (Å²) in [5.41, 5.74) is 0.614. The van der Waals surface area contributed by atoms with E-state index in [9.17, 15) is 8.42 Å². The Hall–Kier alpha value is -2.45. The minimum Gasteiger partial charge on any atom is -0.497 e. The molecule has 0 aromatic heterocycles. The fourth-order valence-electron chi connectivity index (χ4n) is 2.44. The Labute approximate surface area is 146 Å². The average molecular weight is 365 g/mol. The third-order valence-electron chi connectivity index (χ3n) is 3.68. The van der Waals surface area contributed by atoms with Gasteiger partial charge >= 0.3 is 0 Å². The number of hydrogen-bond acceptors (Lipinski definition) is 6. The molecule has 0 saturated heterocycles. The third-order valence-corrected chi connectivity index (χ3v) is 5.30. The summed E-state index contributed by atoms with van der Waals surface area (Å²) < 4.78 is 48.4. The Kier molecular flexibility index (Phi) is 5.00. The quantitative estimate of drug-likeness (QED) is 0.757. The number of sulfonamides is 1. The van der Waals surface area contributed by atoms with Crippen molar-refractivity contribution >= 4 is 10.0 Å². The second kappa shape index (κ2) is 7.20. The standard InChI is InChI=1S/C17H19NO6S/c1-12-9-13(21-2)4-6-17(12)25(19,20)18-7-8-22-14-3-5-15-16(10-14)24-11-23-15/h3-6,9-10,18H,7-8,11H2,1-2H3. The van der Waals surface area contributed by atoms with Crippen LogP contribution in [0.5, 0.6) is 23.0 Å². The molecule has 1 aliphatic heterocycles. The van der Waals surface area contributed by atoms with E-state index in [1.807, 2.05) is 0 Å². The molecule has 25 heavy (non-hydrogen) atoms. The predicted octanol–water partition coefficient (Wildman–Crippen LogP) is 2.09. The Bertz CT molecular complexity index is 865. The van der Waals surface area contributed by atoms with Crippen molar-refractivity contribution in [2.75, 3.05) is 27.1 Å². The lowest BCUT2D eigenvalue weighted by Gasteiger charge is -2.11. The van der Waals surface area contributed by atoms with Gasteiger partial charge in [0, 0.05) is 12.6 Å². The number of rotatable bonds is 7. The van der Waals surface area contributed by atoms with Gasteiger partial charge in [0.25, 0.3) is 0 Å². The predicted molar refractivity (Wildman–Crippen MR) is 91.0 cm³/mol. The van der Waals surface area contributed by atoms with Gasteiger partial charge in [-0.05, 0) is 42.8 Å². The molecule has 0 amide bonds. The SMILES string of the molecule is COc1ccc(S(=O)(=O)NCCOc2ccc3c(c2)OCO3)c(C)c1. The van der Waals surface area contributed by atoms with Crippen LogP contribution < -0.4 is 23.7 Å². The van der Waals surface area contributed by atoms with Crippen molar-refractivity contribution in [3.05, 3.63) is 42.0 Å². The first kappa shape index (κ1) is 17.4. The lowest BCUT2D eigenvalue weighted by molar-refractivity contribution is 0.173. The molecule has 2 aromatic rings. The molecular formula is C17H19NO6S. The largest absolute Gasteiger partial charge is 0.497 e. The summed E-state index contributed by atoms with van der Waals surface area (Å²) in [6.45, 7) is 2.25. The average Bonchev–Trinajstić information content (AvgIpc) is 3.06. The topological polar surface area (TPSA) is 83.1 Å². The molecule has 0 saturated carbocycles. The molecule has 1 aliphatic rings. The van der Waals surface area contributed by atoms with Crippen molar-refractivity contribution in [1.29, 1.82) is 0 Å². The fourth-order valence-corrected chi connectivity index (χ4v) is 3.68. The number of aryl methyl sites for hydroxylation is 1. The maximum atomic E-state index is 12.4. The highest BCUT2D eigenvalue weighted by Crippen LogP contribution is 2.35. The van der Waals surface area contributed by atoms with Crippen LogP contribution in [0.3, 0.4) is 0 Å². The van der Waals surface area contributed by atoms with Crippen LogP contribution in [0.15, 0.2) is 41.3 Å². The summed E-state index contributed by atoms with van der Waals surface area (Å²) in [6.07, 6.45) is 0. The van der Waals surface area contributed by atoms with Crippen LogP contribution in [-0.4, -0.2) is 35.5 Å². The molecule has 0 atom stereocenters. The Morgan fingerprint density at radius 1 is 1.08 bits per heavy atom. The van der Waals surface area contributed by atoms with Crippen molar-refractivity contribution in [2.45, 2.75) is 11.8 Å². The summed E-state index contributed by atoms with van der Waals surface area (Å²) in [5, 5.41) is 0. The lowest BCUT2D eigenvalue weighted by Crippen LogP contribution is -2.28. The van der Waals surface area contributed by atoms with Crippen LogP contribution in [0, 0.1) is 6.92 Å². The van der Waals surface area contributed by atoms with E-state index in [-0.39, 0.29) is 24.8 Å². The minimum atomic E-state index is -3.61. The molecule has 8 heteroatoms. The highest BCUT2D eigenvalue weighted by molar-refractivity contribution is 7.89. The zero-order chi connectivity index (χ0) is 17.9. The van der Waals surface area contributed by atoms with Crippen LogP contribution in [-0.2, 0) is 10.0 Å². The second-order valence-electron chi connectivity index (χ2n) is 5.39. The zero-order valence-electron chi connectivity index (χ0n) is 13.9. The van der Waals surface area contributed by atoms with Crippen LogP contribution >= 0.6 is 0 Å². The highest BCUT2D eigenvalue weighted by Gasteiger charge is 2.17. The van der Waals surface area contributed by atoms with Crippen molar-refractivity contribution in [1.82, 2.24) is 4.72 Å². The van der Waals surface area contributed by atoms with Crippen molar-refractivity contribution in [3.63, 3.8) is 0 Å². The summed E-state index contributed by atoms with van der Waals surface area (Å²) in [5.74, 6) is 2.49. The molecule has 134 valence electrons. The zero-order valence-corrected chi connectivity index (χ0v) is 14.8. The molecule has 0 bridgehead atoms. The van der Waals surface area contributed by atoms with E-state index in [0.29, 0.717) is 28.6 Å². The normalized spacial score (nSPS) is 12.9. The van der Waals surface area contributed by atoms with Crippen LogP contribution in [0.1, 0.15) is 5.56 Å². The molecule has 7 nitrogen and oxygen atoms in total. The van der Waals surface area contributed by atoms with E-state index in [0.717, 1.165) is 0 Å². The monoisotopic (exact) mass is 365 g/mol. The Morgan fingerprint density at radius 3 is 2.60 bits per heavy atom. The first-order valence-corrected chi connectivity index (χ1v) is 9.15. The summed E-state index contributed by atoms with van der Waals surface area (Å²) >= 11 is 0. The van der Waals surface area contributed by atoms with E-state index in [4.69, 9.17) is 18.9 Å².